The van der Waals surface area contributed by atoms with E-state index >= 15 is 0 Å². The van der Waals surface area contributed by atoms with Crippen LogP contribution in [0.4, 0.5) is 0 Å². The van der Waals surface area contributed by atoms with E-state index in [0.29, 0.717) is 23.1 Å². The lowest BCUT2D eigenvalue weighted by atomic mass is 10.2. The SMILES string of the molecule is Cc1nn([C@H](C)C(=O)NCCCN2CCCCCC2)c(=O)c2c(C)n(-c3ccccc3)nc12. The Bertz CT molecular complexity index is 1160. The smallest absolute Gasteiger partial charge is 0.278 e. The molecule has 0 aliphatic carbocycles. The number of rotatable bonds is 7. The fourth-order valence-electron chi connectivity index (χ4n) is 4.60. The van der Waals surface area contributed by atoms with Gasteiger partial charge in [0.1, 0.15) is 11.6 Å². The highest BCUT2D eigenvalue weighted by Gasteiger charge is 2.23. The number of hydrogen-bond acceptors (Lipinski definition) is 5. The van der Waals surface area contributed by atoms with E-state index in [1.54, 1.807) is 11.6 Å². The third-order valence-corrected chi connectivity index (χ3v) is 6.53. The lowest BCUT2D eigenvalue weighted by Crippen LogP contribution is -2.38. The summed E-state index contributed by atoms with van der Waals surface area (Å²) in [6.45, 7) is 9.32. The highest BCUT2D eigenvalue weighted by atomic mass is 16.2. The Morgan fingerprint density at radius 2 is 1.76 bits per heavy atom. The number of fused-ring (bicyclic) bond motifs is 1. The summed E-state index contributed by atoms with van der Waals surface area (Å²) in [5.74, 6) is -0.188. The topological polar surface area (TPSA) is 85.0 Å². The van der Waals surface area contributed by atoms with Crippen LogP contribution in [0.25, 0.3) is 16.6 Å². The molecule has 1 aliphatic rings. The van der Waals surface area contributed by atoms with E-state index in [1.807, 2.05) is 44.2 Å². The number of hydrogen-bond donors (Lipinski definition) is 1. The van der Waals surface area contributed by atoms with Crippen molar-refractivity contribution in [3.63, 3.8) is 0 Å². The van der Waals surface area contributed by atoms with Gasteiger partial charge in [-0.3, -0.25) is 9.59 Å². The first-order valence-corrected chi connectivity index (χ1v) is 12.0. The van der Waals surface area contributed by atoms with E-state index in [2.05, 4.69) is 20.4 Å². The average molecular weight is 451 g/mol. The first-order chi connectivity index (χ1) is 16.0. The molecule has 1 aromatic carbocycles. The summed E-state index contributed by atoms with van der Waals surface area (Å²) < 4.78 is 3.06. The van der Waals surface area contributed by atoms with E-state index in [0.717, 1.165) is 37.4 Å². The van der Waals surface area contributed by atoms with Gasteiger partial charge >= 0.3 is 0 Å². The lowest BCUT2D eigenvalue weighted by Gasteiger charge is -2.20. The molecule has 176 valence electrons. The Morgan fingerprint density at radius 3 is 2.45 bits per heavy atom. The highest BCUT2D eigenvalue weighted by Crippen LogP contribution is 2.20. The Labute approximate surface area is 194 Å². The van der Waals surface area contributed by atoms with Crippen molar-refractivity contribution in [1.29, 1.82) is 0 Å². The molecule has 8 heteroatoms. The van der Waals surface area contributed by atoms with E-state index in [4.69, 9.17) is 0 Å². The van der Waals surface area contributed by atoms with Crippen LogP contribution in [-0.2, 0) is 4.79 Å². The number of carbonyl (C=O) groups is 1. The lowest BCUT2D eigenvalue weighted by molar-refractivity contribution is -0.124. The number of carbonyl (C=O) groups excluding carboxylic acids is 1. The van der Waals surface area contributed by atoms with Crippen molar-refractivity contribution >= 4 is 16.8 Å². The van der Waals surface area contributed by atoms with Crippen LogP contribution in [-0.4, -0.2) is 56.5 Å². The molecular weight excluding hydrogens is 416 g/mol. The van der Waals surface area contributed by atoms with Crippen molar-refractivity contribution in [3.8, 4) is 5.69 Å². The highest BCUT2D eigenvalue weighted by molar-refractivity contribution is 5.84. The number of para-hydroxylation sites is 1. The zero-order valence-corrected chi connectivity index (χ0v) is 19.9. The summed E-state index contributed by atoms with van der Waals surface area (Å²) in [6, 6.07) is 9.01. The molecule has 3 aromatic rings. The number of nitrogens with one attached hydrogen (secondary N) is 1. The van der Waals surface area contributed by atoms with Crippen LogP contribution in [0.3, 0.4) is 0 Å². The van der Waals surface area contributed by atoms with Gasteiger partial charge in [-0.1, -0.05) is 31.0 Å². The molecule has 3 heterocycles. The van der Waals surface area contributed by atoms with E-state index in [9.17, 15) is 9.59 Å². The summed E-state index contributed by atoms with van der Waals surface area (Å²) in [4.78, 5) is 28.6. The van der Waals surface area contributed by atoms with Crippen LogP contribution < -0.4 is 10.9 Å². The van der Waals surface area contributed by atoms with Crippen LogP contribution in [0.15, 0.2) is 35.1 Å². The monoisotopic (exact) mass is 450 g/mol. The fourth-order valence-corrected chi connectivity index (χ4v) is 4.60. The number of aryl methyl sites for hydroxylation is 2. The van der Waals surface area contributed by atoms with Crippen molar-refractivity contribution in [2.45, 2.75) is 58.9 Å². The summed E-state index contributed by atoms with van der Waals surface area (Å²) in [5, 5.41) is 12.6. The maximum Gasteiger partial charge on any atom is 0.278 e. The van der Waals surface area contributed by atoms with Gasteiger partial charge in [0.15, 0.2) is 0 Å². The van der Waals surface area contributed by atoms with E-state index in [1.165, 1.54) is 30.4 Å². The van der Waals surface area contributed by atoms with Crippen molar-refractivity contribution < 1.29 is 4.79 Å². The van der Waals surface area contributed by atoms with E-state index in [-0.39, 0.29) is 11.5 Å². The van der Waals surface area contributed by atoms with Crippen molar-refractivity contribution in [2.75, 3.05) is 26.2 Å². The third-order valence-electron chi connectivity index (χ3n) is 6.53. The molecule has 8 nitrogen and oxygen atoms in total. The zero-order chi connectivity index (χ0) is 23.4. The quantitative estimate of drug-likeness (QED) is 0.559. The van der Waals surface area contributed by atoms with Crippen LogP contribution in [0.5, 0.6) is 0 Å². The first kappa shape index (κ1) is 23.2. The van der Waals surface area contributed by atoms with Gasteiger partial charge in [0.25, 0.3) is 5.56 Å². The molecule has 2 aromatic heterocycles. The maximum absolute atomic E-state index is 13.3. The number of nitrogens with zero attached hydrogens (tertiary/aromatic N) is 5. The molecule has 0 bridgehead atoms. The second kappa shape index (κ2) is 10.3. The summed E-state index contributed by atoms with van der Waals surface area (Å²) in [7, 11) is 0. The summed E-state index contributed by atoms with van der Waals surface area (Å²) >= 11 is 0. The molecule has 0 radical (unpaired) electrons. The number of amides is 1. The molecule has 1 N–H and O–H groups in total. The van der Waals surface area contributed by atoms with Gasteiger partial charge in [-0.2, -0.15) is 10.2 Å². The predicted octanol–water partition coefficient (Wildman–Crippen LogP) is 3.14. The maximum atomic E-state index is 13.3. The molecular formula is C25H34N6O2. The van der Waals surface area contributed by atoms with Crippen LogP contribution in [0.2, 0.25) is 0 Å². The van der Waals surface area contributed by atoms with Gasteiger partial charge in [0.2, 0.25) is 5.91 Å². The van der Waals surface area contributed by atoms with Gasteiger partial charge in [0.05, 0.1) is 22.5 Å². The van der Waals surface area contributed by atoms with E-state index < -0.39 is 6.04 Å². The average Bonchev–Trinajstić information content (AvgIpc) is 2.99. The standard InChI is InChI=1S/C25H34N6O2/c1-18-23-22(19(2)30(28-23)21-12-7-6-8-13-21)25(33)31(27-18)20(3)24(32)26-14-11-17-29-15-9-4-5-10-16-29/h6-8,12-13,20H,4-5,9-11,14-17H2,1-3H3,(H,26,32)/t20-/m1/s1. The molecule has 0 unspecified atom stereocenters. The molecule has 1 atom stereocenters. The van der Waals surface area contributed by atoms with Gasteiger partial charge in [-0.15, -0.1) is 0 Å². The van der Waals surface area contributed by atoms with Gasteiger partial charge in [-0.25, -0.2) is 9.36 Å². The molecule has 1 fully saturated rings. The Balaban J connectivity index is 1.48. The number of aromatic nitrogens is 4. The second-order valence-corrected chi connectivity index (χ2v) is 8.97. The second-order valence-electron chi connectivity index (χ2n) is 8.97. The third kappa shape index (κ3) is 5.00. The minimum atomic E-state index is -0.696. The summed E-state index contributed by atoms with van der Waals surface area (Å²) in [6.07, 6.45) is 6.07. The molecule has 0 saturated carbocycles. The largest absolute Gasteiger partial charge is 0.354 e. The first-order valence-electron chi connectivity index (χ1n) is 12.0. The minimum absolute atomic E-state index is 0.188. The van der Waals surface area contributed by atoms with Crippen LogP contribution in [0, 0.1) is 13.8 Å². The molecule has 1 aliphatic heterocycles. The van der Waals surface area contributed by atoms with Crippen LogP contribution in [0.1, 0.15) is 56.5 Å². The van der Waals surface area contributed by atoms with Crippen LogP contribution >= 0.6 is 0 Å². The summed E-state index contributed by atoms with van der Waals surface area (Å²) in [5.41, 5.74) is 2.53. The van der Waals surface area contributed by atoms with Gasteiger partial charge in [0, 0.05) is 6.54 Å². The number of likely N-dealkylation sites (tertiary alicyclic amines) is 1. The molecule has 1 saturated heterocycles. The molecule has 4 rings (SSSR count). The normalized spacial score (nSPS) is 16.0. The zero-order valence-electron chi connectivity index (χ0n) is 19.9. The van der Waals surface area contributed by atoms with Crippen molar-refractivity contribution in [3.05, 3.63) is 52.1 Å². The molecule has 33 heavy (non-hydrogen) atoms. The fraction of sp³-hybridized carbons (Fsp3) is 0.520. The predicted molar refractivity (Wildman–Crippen MR) is 130 cm³/mol. The Hall–Kier alpha value is -3.00. The van der Waals surface area contributed by atoms with Gasteiger partial charge in [-0.05, 0) is 71.8 Å². The Kier molecular flexibility index (Phi) is 7.23. The van der Waals surface area contributed by atoms with Crippen molar-refractivity contribution in [1.82, 2.24) is 29.8 Å². The van der Waals surface area contributed by atoms with Crippen molar-refractivity contribution in [2.24, 2.45) is 0 Å². The number of benzene rings is 1. The molecule has 1 amide bonds. The molecule has 0 spiro atoms. The Morgan fingerprint density at radius 1 is 1.06 bits per heavy atom. The minimum Gasteiger partial charge on any atom is -0.354 e. The van der Waals surface area contributed by atoms with Gasteiger partial charge < -0.3 is 10.2 Å².